The number of methoxy groups -OCH3 is 1. The van der Waals surface area contributed by atoms with Gasteiger partial charge in [-0.25, -0.2) is 0 Å². The molecule has 0 unspecified atom stereocenters. The fourth-order valence-corrected chi connectivity index (χ4v) is 3.01. The summed E-state index contributed by atoms with van der Waals surface area (Å²) in [4.78, 5) is 12.6. The second kappa shape index (κ2) is 6.52. The van der Waals surface area contributed by atoms with Crippen molar-refractivity contribution < 1.29 is 14.1 Å². The summed E-state index contributed by atoms with van der Waals surface area (Å²) in [5, 5.41) is 4.91. The van der Waals surface area contributed by atoms with Crippen LogP contribution in [-0.2, 0) is 6.54 Å². The van der Waals surface area contributed by atoms with E-state index in [4.69, 9.17) is 9.26 Å². The molecule has 0 spiro atoms. The van der Waals surface area contributed by atoms with E-state index in [0.29, 0.717) is 23.6 Å². The van der Waals surface area contributed by atoms with Gasteiger partial charge in [0.15, 0.2) is 5.69 Å². The smallest absolute Gasteiger partial charge is 0.214 e. The van der Waals surface area contributed by atoms with Crippen LogP contribution in [0, 0.1) is 6.92 Å². The van der Waals surface area contributed by atoms with Gasteiger partial charge in [-0.1, -0.05) is 29.4 Å². The van der Waals surface area contributed by atoms with E-state index in [2.05, 4.69) is 9.72 Å². The molecular weight excluding hydrogens is 328 g/mol. The summed E-state index contributed by atoms with van der Waals surface area (Å²) in [6.07, 6.45) is 2.03. The molecule has 4 aromatic rings. The van der Waals surface area contributed by atoms with Crippen molar-refractivity contribution in [1.29, 1.82) is 0 Å². The average Bonchev–Trinajstić information content (AvgIpc) is 3.28. The van der Waals surface area contributed by atoms with Crippen molar-refractivity contribution in [3.63, 3.8) is 0 Å². The Morgan fingerprint density at radius 2 is 1.92 bits per heavy atom. The zero-order valence-corrected chi connectivity index (χ0v) is 14.6. The Bertz CT molecular complexity index is 1070. The highest BCUT2D eigenvalue weighted by Crippen LogP contribution is 2.21. The molecule has 0 saturated heterocycles. The van der Waals surface area contributed by atoms with Crippen LogP contribution in [0.5, 0.6) is 5.75 Å². The summed E-state index contributed by atoms with van der Waals surface area (Å²) < 4.78 is 12.3. The topological polar surface area (TPSA) is 57.3 Å². The minimum Gasteiger partial charge on any atom is -0.497 e. The highest BCUT2D eigenvalue weighted by atomic mass is 16.5. The van der Waals surface area contributed by atoms with Gasteiger partial charge in [0.2, 0.25) is 5.78 Å². The van der Waals surface area contributed by atoms with Gasteiger partial charge in [-0.05, 0) is 42.1 Å². The lowest BCUT2D eigenvalue weighted by Crippen LogP contribution is -2.03. The zero-order chi connectivity index (χ0) is 18.1. The van der Waals surface area contributed by atoms with Crippen LogP contribution in [0.1, 0.15) is 27.4 Å². The number of ether oxygens (including phenoxy) is 1. The fraction of sp³-hybridized carbons (Fsp3) is 0.143. The standard InChI is InChI=1S/C21H18N2O3/c1-14-11-19(22-26-14)21(24)17-6-5-16-9-10-23(20(16)12-17)13-15-3-7-18(25-2)8-4-15/h3-12H,13H2,1-2H3. The minimum absolute atomic E-state index is 0.138. The first kappa shape index (κ1) is 16.1. The van der Waals surface area contributed by atoms with E-state index in [1.807, 2.05) is 54.7 Å². The lowest BCUT2D eigenvalue weighted by Gasteiger charge is -2.08. The Kier molecular flexibility index (Phi) is 4.05. The van der Waals surface area contributed by atoms with Crippen LogP contribution in [0.2, 0.25) is 0 Å². The van der Waals surface area contributed by atoms with Crippen molar-refractivity contribution >= 4 is 16.7 Å². The predicted molar refractivity (Wildman–Crippen MR) is 98.7 cm³/mol. The van der Waals surface area contributed by atoms with Crippen molar-refractivity contribution in [3.05, 3.63) is 83.4 Å². The van der Waals surface area contributed by atoms with E-state index in [1.165, 1.54) is 0 Å². The van der Waals surface area contributed by atoms with Crippen LogP contribution in [0.3, 0.4) is 0 Å². The maximum Gasteiger partial charge on any atom is 0.214 e. The summed E-state index contributed by atoms with van der Waals surface area (Å²) in [5.74, 6) is 1.32. The number of fused-ring (bicyclic) bond motifs is 1. The van der Waals surface area contributed by atoms with E-state index in [1.54, 1.807) is 20.1 Å². The molecule has 4 rings (SSSR count). The maximum atomic E-state index is 12.6. The van der Waals surface area contributed by atoms with Gasteiger partial charge in [0.05, 0.1) is 7.11 Å². The molecule has 26 heavy (non-hydrogen) atoms. The van der Waals surface area contributed by atoms with Crippen LogP contribution in [0.15, 0.2) is 65.3 Å². The van der Waals surface area contributed by atoms with Crippen LogP contribution in [0.25, 0.3) is 10.9 Å². The number of carbonyl (C=O) groups excluding carboxylic acids is 1. The molecule has 130 valence electrons. The monoisotopic (exact) mass is 346 g/mol. The van der Waals surface area contributed by atoms with Crippen molar-refractivity contribution in [2.24, 2.45) is 0 Å². The van der Waals surface area contributed by atoms with Gasteiger partial charge in [0, 0.05) is 29.9 Å². The number of aromatic nitrogens is 2. The lowest BCUT2D eigenvalue weighted by atomic mass is 10.1. The van der Waals surface area contributed by atoms with E-state index in [-0.39, 0.29) is 5.78 Å². The Labute approximate surface area is 150 Å². The van der Waals surface area contributed by atoms with E-state index in [9.17, 15) is 4.79 Å². The molecule has 0 radical (unpaired) electrons. The summed E-state index contributed by atoms with van der Waals surface area (Å²) in [6.45, 7) is 2.49. The molecular formula is C21H18N2O3. The second-order valence-corrected chi connectivity index (χ2v) is 6.22. The third-order valence-corrected chi connectivity index (χ3v) is 4.41. The van der Waals surface area contributed by atoms with Crippen molar-refractivity contribution in [2.45, 2.75) is 13.5 Å². The second-order valence-electron chi connectivity index (χ2n) is 6.22. The number of ketones is 1. The number of hydrogen-bond acceptors (Lipinski definition) is 4. The van der Waals surface area contributed by atoms with Crippen molar-refractivity contribution in [1.82, 2.24) is 9.72 Å². The zero-order valence-electron chi connectivity index (χ0n) is 14.6. The van der Waals surface area contributed by atoms with Gasteiger partial charge in [-0.2, -0.15) is 0 Å². The number of nitrogens with zero attached hydrogens (tertiary/aromatic N) is 2. The number of aryl methyl sites for hydroxylation is 1. The Hall–Kier alpha value is -3.34. The number of benzene rings is 2. The first-order valence-electron chi connectivity index (χ1n) is 8.34. The van der Waals surface area contributed by atoms with Crippen LogP contribution in [-0.4, -0.2) is 22.6 Å². The van der Waals surface area contributed by atoms with E-state index >= 15 is 0 Å². The quantitative estimate of drug-likeness (QED) is 0.508. The molecule has 2 aromatic carbocycles. The van der Waals surface area contributed by atoms with Crippen LogP contribution >= 0.6 is 0 Å². The number of hydrogen-bond donors (Lipinski definition) is 0. The highest BCUT2D eigenvalue weighted by molar-refractivity contribution is 6.09. The van der Waals surface area contributed by atoms with Gasteiger partial charge >= 0.3 is 0 Å². The molecule has 2 heterocycles. The molecule has 2 aromatic heterocycles. The normalized spacial score (nSPS) is 11.0. The van der Waals surface area contributed by atoms with Crippen molar-refractivity contribution in [2.75, 3.05) is 7.11 Å². The van der Waals surface area contributed by atoms with Gasteiger partial charge in [0.25, 0.3) is 0 Å². The molecule has 0 fully saturated rings. The van der Waals surface area contributed by atoms with Crippen LogP contribution < -0.4 is 4.74 Å². The maximum absolute atomic E-state index is 12.6. The molecule has 5 nitrogen and oxygen atoms in total. The summed E-state index contributed by atoms with van der Waals surface area (Å²) in [6, 6.07) is 17.4. The third-order valence-electron chi connectivity index (χ3n) is 4.41. The van der Waals surface area contributed by atoms with Gasteiger partial charge in [-0.15, -0.1) is 0 Å². The SMILES string of the molecule is COc1ccc(Cn2ccc3ccc(C(=O)c4cc(C)on4)cc32)cc1. The highest BCUT2D eigenvalue weighted by Gasteiger charge is 2.15. The molecule has 0 aliphatic rings. The van der Waals surface area contributed by atoms with E-state index < -0.39 is 0 Å². The number of carbonyl (C=O) groups is 1. The molecule has 5 heteroatoms. The van der Waals surface area contributed by atoms with Gasteiger partial charge in [-0.3, -0.25) is 4.79 Å². The first-order valence-corrected chi connectivity index (χ1v) is 8.34. The predicted octanol–water partition coefficient (Wildman–Crippen LogP) is 4.23. The molecule has 0 bridgehead atoms. The number of rotatable bonds is 5. The summed E-state index contributed by atoms with van der Waals surface area (Å²) in [5.41, 5.74) is 3.09. The van der Waals surface area contributed by atoms with E-state index in [0.717, 1.165) is 22.2 Å². The Morgan fingerprint density at radius 1 is 1.12 bits per heavy atom. The first-order chi connectivity index (χ1) is 12.6. The largest absolute Gasteiger partial charge is 0.497 e. The lowest BCUT2D eigenvalue weighted by molar-refractivity contribution is 0.103. The minimum atomic E-state index is -0.138. The summed E-state index contributed by atoms with van der Waals surface area (Å²) >= 11 is 0. The average molecular weight is 346 g/mol. The Balaban J connectivity index is 1.66. The molecule has 0 amide bonds. The molecule has 0 atom stereocenters. The third kappa shape index (κ3) is 2.99. The van der Waals surface area contributed by atoms with Gasteiger partial charge in [0.1, 0.15) is 11.5 Å². The molecule has 0 saturated carbocycles. The van der Waals surface area contributed by atoms with Crippen LogP contribution in [0.4, 0.5) is 0 Å². The van der Waals surface area contributed by atoms with Crippen molar-refractivity contribution in [3.8, 4) is 5.75 Å². The fourth-order valence-electron chi connectivity index (χ4n) is 3.01. The molecule has 0 N–H and O–H groups in total. The Morgan fingerprint density at radius 3 is 2.62 bits per heavy atom. The van der Waals surface area contributed by atoms with Gasteiger partial charge < -0.3 is 13.8 Å². The molecule has 0 aliphatic heterocycles. The summed E-state index contributed by atoms with van der Waals surface area (Å²) in [7, 11) is 1.66. The molecule has 0 aliphatic carbocycles.